The van der Waals surface area contributed by atoms with E-state index in [2.05, 4.69) is 16.0 Å². The first-order valence-electron chi connectivity index (χ1n) is 10.9. The zero-order valence-corrected chi connectivity index (χ0v) is 17.5. The van der Waals surface area contributed by atoms with E-state index < -0.39 is 0 Å². The van der Waals surface area contributed by atoms with Crippen LogP contribution in [0.3, 0.4) is 0 Å². The number of fused-ring (bicyclic) bond motifs is 1. The van der Waals surface area contributed by atoms with Crippen LogP contribution in [-0.2, 0) is 9.53 Å². The van der Waals surface area contributed by atoms with Crippen molar-refractivity contribution in [2.75, 3.05) is 63.9 Å². The van der Waals surface area contributed by atoms with Crippen LogP contribution in [0.25, 0.3) is 22.3 Å². The number of nitrogens with one attached hydrogen (secondary N) is 1. The lowest BCUT2D eigenvalue weighted by atomic mass is 10.2. The van der Waals surface area contributed by atoms with Gasteiger partial charge in [-0.25, -0.2) is 9.97 Å². The summed E-state index contributed by atoms with van der Waals surface area (Å²) in [4.78, 5) is 32.1. The molecule has 8 heteroatoms. The summed E-state index contributed by atoms with van der Waals surface area (Å²) in [6, 6.07) is 12.0. The molecule has 160 valence electrons. The van der Waals surface area contributed by atoms with Crippen molar-refractivity contribution in [3.8, 4) is 11.4 Å². The number of amides is 1. The van der Waals surface area contributed by atoms with E-state index >= 15 is 0 Å². The van der Waals surface area contributed by atoms with E-state index in [0.717, 1.165) is 48.5 Å². The molecular weight excluding hydrogens is 392 g/mol. The van der Waals surface area contributed by atoms with Crippen molar-refractivity contribution in [2.45, 2.75) is 0 Å². The van der Waals surface area contributed by atoms with E-state index in [0.29, 0.717) is 38.7 Å². The number of nitrogens with zero attached hydrogens (tertiary/aromatic N) is 5. The summed E-state index contributed by atoms with van der Waals surface area (Å²) < 4.78 is 5.36. The van der Waals surface area contributed by atoms with Crippen molar-refractivity contribution in [1.82, 2.24) is 19.9 Å². The van der Waals surface area contributed by atoms with Crippen LogP contribution in [0.15, 0.2) is 48.8 Å². The Morgan fingerprint density at radius 1 is 1.00 bits per heavy atom. The standard InChI is InChI=1S/C23H26N6O2/c30-21(28-12-14-31-15-13-28)17-27-8-10-29(11-9-27)23-19-5-1-2-6-20(19)25-22(26-23)18-4-3-7-24-16-18/h1-7,16H,8-15,17H2/p+1. The molecule has 31 heavy (non-hydrogen) atoms. The summed E-state index contributed by atoms with van der Waals surface area (Å²) in [7, 11) is 0. The van der Waals surface area contributed by atoms with Crippen molar-refractivity contribution < 1.29 is 14.4 Å². The molecule has 2 aliphatic heterocycles. The van der Waals surface area contributed by atoms with Crippen LogP contribution in [0, 0.1) is 0 Å². The summed E-state index contributed by atoms with van der Waals surface area (Å²) in [5.41, 5.74) is 1.85. The SMILES string of the molecule is O=C(C[NH+]1CCN(c2nc(-c3cccnc3)nc3ccccc23)CC1)N1CCOCC1. The quantitative estimate of drug-likeness (QED) is 0.654. The number of piperazine rings is 1. The maximum atomic E-state index is 12.6. The molecule has 4 heterocycles. The summed E-state index contributed by atoms with van der Waals surface area (Å²) in [5.74, 6) is 1.89. The number of ether oxygens (including phenoxy) is 1. The lowest BCUT2D eigenvalue weighted by Gasteiger charge is -2.34. The third-order valence-electron chi connectivity index (χ3n) is 6.04. The highest BCUT2D eigenvalue weighted by molar-refractivity contribution is 5.91. The number of hydrogen-bond donors (Lipinski definition) is 1. The highest BCUT2D eigenvalue weighted by Crippen LogP contribution is 2.27. The first-order valence-corrected chi connectivity index (χ1v) is 10.9. The molecule has 0 spiro atoms. The number of aromatic nitrogens is 3. The molecule has 3 aromatic rings. The smallest absolute Gasteiger partial charge is 0.277 e. The Kier molecular flexibility index (Phi) is 5.73. The maximum Gasteiger partial charge on any atom is 0.277 e. The number of carbonyl (C=O) groups excluding carboxylic acids is 1. The van der Waals surface area contributed by atoms with Crippen LogP contribution in [-0.4, -0.2) is 84.8 Å². The predicted molar refractivity (Wildman–Crippen MR) is 118 cm³/mol. The van der Waals surface area contributed by atoms with Crippen LogP contribution in [0.1, 0.15) is 0 Å². The Bertz CT molecular complexity index is 1050. The molecule has 2 aromatic heterocycles. The van der Waals surface area contributed by atoms with Crippen molar-refractivity contribution in [1.29, 1.82) is 0 Å². The molecular formula is C23H27N6O2+. The minimum Gasteiger partial charge on any atom is -0.378 e. The molecule has 0 bridgehead atoms. The van der Waals surface area contributed by atoms with Gasteiger partial charge in [0.2, 0.25) is 0 Å². The molecule has 2 aliphatic rings. The third-order valence-corrected chi connectivity index (χ3v) is 6.04. The molecule has 0 atom stereocenters. The highest BCUT2D eigenvalue weighted by atomic mass is 16.5. The average Bonchev–Trinajstić information content (AvgIpc) is 2.85. The number of para-hydroxylation sites is 1. The van der Waals surface area contributed by atoms with E-state index in [1.807, 2.05) is 35.2 Å². The monoisotopic (exact) mass is 419 g/mol. The zero-order chi connectivity index (χ0) is 21.0. The van der Waals surface area contributed by atoms with Crippen LogP contribution in [0.2, 0.25) is 0 Å². The van der Waals surface area contributed by atoms with E-state index in [1.54, 1.807) is 12.4 Å². The number of morpholine rings is 1. The summed E-state index contributed by atoms with van der Waals surface area (Å²) >= 11 is 0. The molecule has 1 N–H and O–H groups in total. The van der Waals surface area contributed by atoms with Crippen molar-refractivity contribution in [2.24, 2.45) is 0 Å². The van der Waals surface area contributed by atoms with Gasteiger partial charge in [0.05, 0.1) is 44.9 Å². The molecule has 1 amide bonds. The summed E-state index contributed by atoms with van der Waals surface area (Å²) in [5, 5.41) is 1.06. The number of benzene rings is 1. The fraction of sp³-hybridized carbons (Fsp3) is 0.391. The third kappa shape index (κ3) is 4.35. The lowest BCUT2D eigenvalue weighted by Crippen LogP contribution is -3.16. The van der Waals surface area contributed by atoms with Gasteiger partial charge in [-0.2, -0.15) is 0 Å². The van der Waals surface area contributed by atoms with Crippen LogP contribution >= 0.6 is 0 Å². The minimum absolute atomic E-state index is 0.234. The number of quaternary nitrogens is 1. The first-order chi connectivity index (χ1) is 15.3. The largest absolute Gasteiger partial charge is 0.378 e. The van der Waals surface area contributed by atoms with Gasteiger partial charge >= 0.3 is 0 Å². The highest BCUT2D eigenvalue weighted by Gasteiger charge is 2.27. The van der Waals surface area contributed by atoms with Gasteiger partial charge in [0, 0.05) is 36.4 Å². The van der Waals surface area contributed by atoms with Crippen LogP contribution in [0.5, 0.6) is 0 Å². The topological polar surface area (TPSA) is 75.9 Å². The second-order valence-corrected chi connectivity index (χ2v) is 8.04. The van der Waals surface area contributed by atoms with Crippen LogP contribution in [0.4, 0.5) is 5.82 Å². The minimum atomic E-state index is 0.234. The number of carbonyl (C=O) groups is 1. The molecule has 0 aliphatic carbocycles. The molecule has 0 radical (unpaired) electrons. The molecule has 8 nitrogen and oxygen atoms in total. The van der Waals surface area contributed by atoms with Crippen LogP contribution < -0.4 is 9.80 Å². The van der Waals surface area contributed by atoms with E-state index in [9.17, 15) is 4.79 Å². The maximum absolute atomic E-state index is 12.6. The van der Waals surface area contributed by atoms with Crippen molar-refractivity contribution in [3.63, 3.8) is 0 Å². The molecule has 2 saturated heterocycles. The fourth-order valence-electron chi connectivity index (χ4n) is 4.27. The van der Waals surface area contributed by atoms with E-state index in [1.165, 1.54) is 4.90 Å². The van der Waals surface area contributed by atoms with Gasteiger partial charge in [-0.3, -0.25) is 9.78 Å². The molecule has 1 aromatic carbocycles. The molecule has 0 unspecified atom stereocenters. The molecule has 5 rings (SSSR count). The van der Waals surface area contributed by atoms with Gasteiger partial charge in [0.1, 0.15) is 5.82 Å². The summed E-state index contributed by atoms with van der Waals surface area (Å²) in [6.07, 6.45) is 3.55. The van der Waals surface area contributed by atoms with E-state index in [4.69, 9.17) is 14.7 Å². The normalized spacial score (nSPS) is 17.8. The predicted octanol–water partition coefficient (Wildman–Crippen LogP) is 0.256. The van der Waals surface area contributed by atoms with Gasteiger partial charge < -0.3 is 19.4 Å². The number of rotatable bonds is 4. The first kappa shape index (κ1) is 19.8. The number of hydrogen-bond acceptors (Lipinski definition) is 6. The van der Waals surface area contributed by atoms with Crippen molar-refractivity contribution >= 4 is 22.6 Å². The van der Waals surface area contributed by atoms with Gasteiger partial charge in [-0.1, -0.05) is 12.1 Å². The fourth-order valence-corrected chi connectivity index (χ4v) is 4.27. The van der Waals surface area contributed by atoms with Gasteiger partial charge in [-0.15, -0.1) is 0 Å². The Hall–Kier alpha value is -3.10. The molecule has 0 saturated carbocycles. The molecule has 2 fully saturated rings. The second-order valence-electron chi connectivity index (χ2n) is 8.04. The van der Waals surface area contributed by atoms with Gasteiger partial charge in [0.15, 0.2) is 12.4 Å². The second kappa shape index (κ2) is 8.95. The summed E-state index contributed by atoms with van der Waals surface area (Å²) in [6.45, 7) is 6.82. The Morgan fingerprint density at radius 3 is 2.58 bits per heavy atom. The average molecular weight is 420 g/mol. The number of anilines is 1. The zero-order valence-electron chi connectivity index (χ0n) is 17.5. The number of pyridine rings is 1. The Morgan fingerprint density at radius 2 is 1.81 bits per heavy atom. The Balaban J connectivity index is 1.33. The van der Waals surface area contributed by atoms with Gasteiger partial charge in [-0.05, 0) is 24.3 Å². The lowest BCUT2D eigenvalue weighted by molar-refractivity contribution is -0.892. The van der Waals surface area contributed by atoms with E-state index in [-0.39, 0.29) is 5.91 Å². The van der Waals surface area contributed by atoms with Gasteiger partial charge in [0.25, 0.3) is 5.91 Å². The Labute approximate surface area is 181 Å². The van der Waals surface area contributed by atoms with Crippen molar-refractivity contribution in [3.05, 3.63) is 48.8 Å².